The van der Waals surface area contributed by atoms with Crippen LogP contribution in [0.2, 0.25) is 0 Å². The van der Waals surface area contributed by atoms with Gasteiger partial charge in [0.15, 0.2) is 4.34 Å². The fourth-order valence-electron chi connectivity index (χ4n) is 2.25. The Labute approximate surface area is 139 Å². The Morgan fingerprint density at radius 3 is 2.55 bits per heavy atom. The van der Waals surface area contributed by atoms with E-state index in [-0.39, 0.29) is 0 Å². The van der Waals surface area contributed by atoms with Crippen molar-refractivity contribution in [1.82, 2.24) is 14.9 Å². The maximum atomic E-state index is 12.5. The highest BCUT2D eigenvalue weighted by Gasteiger charge is 2.13. The number of hydrogen-bond donors (Lipinski definition) is 0. The minimum absolute atomic E-state index is 0.660. The molecule has 0 fully saturated rings. The summed E-state index contributed by atoms with van der Waals surface area (Å²) < 4.78 is 13.2. The van der Waals surface area contributed by atoms with Crippen LogP contribution in [0.1, 0.15) is 39.5 Å². The molecule has 0 N–H and O–H groups in total. The van der Waals surface area contributed by atoms with Gasteiger partial charge in [0, 0.05) is 18.5 Å². The van der Waals surface area contributed by atoms with Gasteiger partial charge in [0.2, 0.25) is 0 Å². The number of nitrogens with zero attached hydrogens (tertiary/aromatic N) is 3. The molecule has 4 nitrogen and oxygen atoms in total. The van der Waals surface area contributed by atoms with Gasteiger partial charge in [-0.2, -0.15) is 0 Å². The molecule has 2 aromatic heterocycles. The third-order valence-electron chi connectivity index (χ3n) is 3.59. The number of rotatable bonds is 10. The van der Waals surface area contributed by atoms with Crippen molar-refractivity contribution in [3.05, 3.63) is 18.3 Å². The first-order chi connectivity index (χ1) is 10.7. The van der Waals surface area contributed by atoms with Crippen LogP contribution in [0.25, 0.3) is 10.3 Å². The predicted octanol–water partition coefficient (Wildman–Crippen LogP) is 3.70. The first-order valence-corrected chi connectivity index (χ1v) is 10.2. The molecule has 1 unspecified atom stereocenters. The fourth-order valence-corrected chi connectivity index (χ4v) is 4.54. The number of unbranched alkanes of at least 4 members (excludes halogenated alkanes) is 2. The van der Waals surface area contributed by atoms with Gasteiger partial charge in [-0.05, 0) is 38.1 Å². The molecular formula is C16H25N3OS2. The number of thiazole rings is 1. The van der Waals surface area contributed by atoms with Gasteiger partial charge >= 0.3 is 0 Å². The van der Waals surface area contributed by atoms with Crippen LogP contribution in [-0.2, 0) is 10.8 Å². The Morgan fingerprint density at radius 1 is 1.18 bits per heavy atom. The quantitative estimate of drug-likeness (QED) is 0.662. The topological polar surface area (TPSA) is 46.1 Å². The maximum Gasteiger partial charge on any atom is 0.183 e. The Hall–Kier alpha value is -0.850. The summed E-state index contributed by atoms with van der Waals surface area (Å²) in [7, 11) is -1.02. The number of aromatic nitrogens is 2. The van der Waals surface area contributed by atoms with Gasteiger partial charge in [-0.3, -0.25) is 4.21 Å². The van der Waals surface area contributed by atoms with Crippen molar-refractivity contribution in [3.8, 4) is 0 Å². The summed E-state index contributed by atoms with van der Waals surface area (Å²) in [4.78, 5) is 12.0. The lowest BCUT2D eigenvalue weighted by Crippen LogP contribution is -2.30. The van der Waals surface area contributed by atoms with Crippen LogP contribution in [0.3, 0.4) is 0 Å². The lowest BCUT2D eigenvalue weighted by molar-refractivity contribution is 0.280. The summed E-state index contributed by atoms with van der Waals surface area (Å²) in [5, 5.41) is 0. The molecule has 0 spiro atoms. The van der Waals surface area contributed by atoms with Crippen LogP contribution in [0.5, 0.6) is 0 Å². The van der Waals surface area contributed by atoms with Crippen molar-refractivity contribution in [1.29, 1.82) is 0 Å². The molecule has 0 saturated carbocycles. The molecule has 0 aliphatic heterocycles. The molecule has 0 bridgehead atoms. The van der Waals surface area contributed by atoms with E-state index in [0.29, 0.717) is 10.1 Å². The van der Waals surface area contributed by atoms with Crippen LogP contribution in [0, 0.1) is 0 Å². The zero-order valence-corrected chi connectivity index (χ0v) is 15.1. The van der Waals surface area contributed by atoms with Gasteiger partial charge in [0.05, 0.1) is 10.8 Å². The second kappa shape index (κ2) is 9.33. The molecule has 1 atom stereocenters. The summed E-state index contributed by atoms with van der Waals surface area (Å²) in [6.45, 7) is 7.52. The molecule has 0 aliphatic rings. The van der Waals surface area contributed by atoms with E-state index in [1.165, 1.54) is 37.0 Å². The third-order valence-corrected chi connectivity index (χ3v) is 6.21. The first-order valence-electron chi connectivity index (χ1n) is 8.06. The standard InChI is InChI=1S/C16H25N3OS2/c1-3-5-10-19(11-6-4-2)12-13-22(20)16-18-14-8-7-9-17-15(14)21-16/h7-9H,3-6,10-13H2,1-2H3. The van der Waals surface area contributed by atoms with Gasteiger partial charge in [-0.15, -0.1) is 0 Å². The molecule has 122 valence electrons. The van der Waals surface area contributed by atoms with E-state index in [2.05, 4.69) is 28.7 Å². The Kier molecular flexibility index (Phi) is 7.42. The fraction of sp³-hybridized carbons (Fsp3) is 0.625. The van der Waals surface area contributed by atoms with E-state index in [1.54, 1.807) is 6.20 Å². The second-order valence-electron chi connectivity index (χ2n) is 5.41. The van der Waals surface area contributed by atoms with Gasteiger partial charge in [-0.1, -0.05) is 38.0 Å². The van der Waals surface area contributed by atoms with Crippen molar-refractivity contribution in [3.63, 3.8) is 0 Å². The maximum absolute atomic E-state index is 12.5. The number of fused-ring (bicyclic) bond motifs is 1. The third kappa shape index (κ3) is 5.11. The zero-order valence-electron chi connectivity index (χ0n) is 13.5. The van der Waals surface area contributed by atoms with Crippen molar-refractivity contribution in [2.45, 2.75) is 43.9 Å². The summed E-state index contributed by atoms with van der Waals surface area (Å²) >= 11 is 1.45. The molecule has 0 aliphatic carbocycles. The molecule has 6 heteroatoms. The average molecular weight is 340 g/mol. The summed E-state index contributed by atoms with van der Waals surface area (Å²) in [5.41, 5.74) is 0.852. The number of hydrogen-bond acceptors (Lipinski definition) is 5. The van der Waals surface area contributed by atoms with Crippen LogP contribution >= 0.6 is 11.3 Å². The van der Waals surface area contributed by atoms with Gasteiger partial charge < -0.3 is 4.90 Å². The molecule has 22 heavy (non-hydrogen) atoms. The zero-order chi connectivity index (χ0) is 15.8. The molecule has 0 saturated heterocycles. The molecule has 2 rings (SSSR count). The predicted molar refractivity (Wildman–Crippen MR) is 94.9 cm³/mol. The van der Waals surface area contributed by atoms with Crippen molar-refractivity contribution >= 4 is 32.5 Å². The minimum Gasteiger partial charge on any atom is -0.302 e. The molecule has 2 aromatic rings. The first kappa shape index (κ1) is 17.5. The lowest BCUT2D eigenvalue weighted by atomic mass is 10.2. The molecule has 2 heterocycles. The van der Waals surface area contributed by atoms with E-state index < -0.39 is 10.8 Å². The van der Waals surface area contributed by atoms with Crippen molar-refractivity contribution in [2.75, 3.05) is 25.4 Å². The molecule has 0 radical (unpaired) electrons. The van der Waals surface area contributed by atoms with Crippen LogP contribution < -0.4 is 0 Å². The normalized spacial score (nSPS) is 13.0. The Bertz CT molecular complexity index is 559. The van der Waals surface area contributed by atoms with E-state index >= 15 is 0 Å². The highest BCUT2D eigenvalue weighted by Crippen LogP contribution is 2.22. The largest absolute Gasteiger partial charge is 0.302 e. The lowest BCUT2D eigenvalue weighted by Gasteiger charge is -2.21. The Morgan fingerprint density at radius 2 is 1.91 bits per heavy atom. The molecule has 0 amide bonds. The van der Waals surface area contributed by atoms with Gasteiger partial charge in [0.1, 0.15) is 10.3 Å². The number of pyridine rings is 1. The SMILES string of the molecule is CCCCN(CCCC)CCS(=O)c1nc2cccnc2s1. The van der Waals surface area contributed by atoms with Gasteiger partial charge in [-0.25, -0.2) is 9.97 Å². The van der Waals surface area contributed by atoms with Crippen LogP contribution in [0.15, 0.2) is 22.7 Å². The van der Waals surface area contributed by atoms with Crippen LogP contribution in [0.4, 0.5) is 0 Å². The minimum atomic E-state index is -1.02. The average Bonchev–Trinajstić information content (AvgIpc) is 2.98. The van der Waals surface area contributed by atoms with E-state index in [1.807, 2.05) is 12.1 Å². The Balaban J connectivity index is 1.91. The van der Waals surface area contributed by atoms with Crippen LogP contribution in [-0.4, -0.2) is 44.5 Å². The van der Waals surface area contributed by atoms with Crippen molar-refractivity contribution < 1.29 is 4.21 Å². The second-order valence-corrected chi connectivity index (χ2v) is 8.13. The van der Waals surface area contributed by atoms with E-state index in [0.717, 1.165) is 30.0 Å². The molecular weight excluding hydrogens is 314 g/mol. The smallest absolute Gasteiger partial charge is 0.183 e. The van der Waals surface area contributed by atoms with Gasteiger partial charge in [0.25, 0.3) is 0 Å². The van der Waals surface area contributed by atoms with Crippen molar-refractivity contribution in [2.24, 2.45) is 0 Å². The monoisotopic (exact) mass is 339 g/mol. The highest BCUT2D eigenvalue weighted by molar-refractivity contribution is 7.87. The highest BCUT2D eigenvalue weighted by atomic mass is 32.2. The summed E-state index contributed by atoms with van der Waals surface area (Å²) in [6.07, 6.45) is 6.58. The van der Waals surface area contributed by atoms with E-state index in [9.17, 15) is 4.21 Å². The summed E-state index contributed by atoms with van der Waals surface area (Å²) in [6, 6.07) is 3.79. The summed E-state index contributed by atoms with van der Waals surface area (Å²) in [5.74, 6) is 0.660. The van der Waals surface area contributed by atoms with E-state index in [4.69, 9.17) is 0 Å². The molecule has 0 aromatic carbocycles.